The number of benzene rings is 2. The SMILES string of the molecule is COc1cccc(C(=O)Nc2ccc3sccc3c2)c1O. The number of nitrogens with one attached hydrogen (secondary N) is 1. The normalized spacial score (nSPS) is 10.5. The van der Waals surface area contributed by atoms with Gasteiger partial charge in [-0.3, -0.25) is 4.79 Å². The maximum absolute atomic E-state index is 12.3. The van der Waals surface area contributed by atoms with Crippen molar-refractivity contribution in [2.24, 2.45) is 0 Å². The summed E-state index contributed by atoms with van der Waals surface area (Å²) >= 11 is 1.65. The highest BCUT2D eigenvalue weighted by Gasteiger charge is 2.15. The molecular weight excluding hydrogens is 286 g/mol. The van der Waals surface area contributed by atoms with Gasteiger partial charge in [0.1, 0.15) is 0 Å². The molecule has 5 heteroatoms. The second-order valence-corrected chi connectivity index (χ2v) is 5.43. The van der Waals surface area contributed by atoms with Crippen molar-refractivity contribution in [3.8, 4) is 11.5 Å². The molecule has 0 unspecified atom stereocenters. The predicted molar refractivity (Wildman–Crippen MR) is 84.4 cm³/mol. The Morgan fingerprint density at radius 3 is 2.90 bits per heavy atom. The number of aromatic hydroxyl groups is 1. The number of hydrogen-bond donors (Lipinski definition) is 2. The number of amides is 1. The number of anilines is 1. The Balaban J connectivity index is 1.89. The molecular formula is C16H13NO3S. The number of thiophene rings is 1. The van der Waals surface area contributed by atoms with E-state index < -0.39 is 0 Å². The molecule has 0 aliphatic carbocycles. The standard InChI is InChI=1S/C16H13NO3S/c1-20-13-4-2-3-12(15(13)18)16(19)17-11-5-6-14-10(9-11)7-8-21-14/h2-9,18H,1H3,(H,17,19). The molecule has 0 bridgehead atoms. The van der Waals surface area contributed by atoms with Crippen molar-refractivity contribution in [3.63, 3.8) is 0 Å². The Hall–Kier alpha value is -2.53. The quantitative estimate of drug-likeness (QED) is 0.772. The first-order chi connectivity index (χ1) is 10.2. The van der Waals surface area contributed by atoms with Crippen LogP contribution < -0.4 is 10.1 Å². The van der Waals surface area contributed by atoms with Crippen molar-refractivity contribution >= 4 is 33.0 Å². The number of ether oxygens (including phenoxy) is 1. The lowest BCUT2D eigenvalue weighted by molar-refractivity contribution is 0.102. The van der Waals surface area contributed by atoms with Gasteiger partial charge >= 0.3 is 0 Å². The molecule has 0 radical (unpaired) electrons. The van der Waals surface area contributed by atoms with Crippen molar-refractivity contribution in [2.45, 2.75) is 0 Å². The van der Waals surface area contributed by atoms with Crippen LogP contribution in [-0.2, 0) is 0 Å². The van der Waals surface area contributed by atoms with Crippen LogP contribution in [0, 0.1) is 0 Å². The summed E-state index contributed by atoms with van der Waals surface area (Å²) in [6.07, 6.45) is 0. The number of carbonyl (C=O) groups is 1. The Kier molecular flexibility index (Phi) is 3.50. The van der Waals surface area contributed by atoms with Crippen LogP contribution in [0.15, 0.2) is 47.8 Å². The molecule has 2 N–H and O–H groups in total. The second kappa shape index (κ2) is 5.46. The predicted octanol–water partition coefficient (Wildman–Crippen LogP) is 3.87. The molecule has 0 spiro atoms. The molecule has 1 aromatic heterocycles. The highest BCUT2D eigenvalue weighted by molar-refractivity contribution is 7.17. The molecule has 1 heterocycles. The van der Waals surface area contributed by atoms with E-state index in [9.17, 15) is 9.90 Å². The number of phenols is 1. The van der Waals surface area contributed by atoms with Crippen molar-refractivity contribution in [1.82, 2.24) is 0 Å². The van der Waals surface area contributed by atoms with Crippen molar-refractivity contribution in [2.75, 3.05) is 12.4 Å². The molecule has 3 rings (SSSR count). The summed E-state index contributed by atoms with van der Waals surface area (Å²) in [4.78, 5) is 12.3. The van der Waals surface area contributed by atoms with Crippen LogP contribution >= 0.6 is 11.3 Å². The average Bonchev–Trinajstić information content (AvgIpc) is 2.95. The van der Waals surface area contributed by atoms with E-state index in [1.807, 2.05) is 29.6 Å². The van der Waals surface area contributed by atoms with Gasteiger partial charge in [0, 0.05) is 10.4 Å². The minimum Gasteiger partial charge on any atom is -0.504 e. The fourth-order valence-corrected chi connectivity index (χ4v) is 2.88. The van der Waals surface area contributed by atoms with E-state index >= 15 is 0 Å². The molecule has 1 amide bonds. The van der Waals surface area contributed by atoms with Crippen LogP contribution in [0.5, 0.6) is 11.5 Å². The van der Waals surface area contributed by atoms with E-state index in [2.05, 4.69) is 5.32 Å². The average molecular weight is 299 g/mol. The maximum Gasteiger partial charge on any atom is 0.259 e. The van der Waals surface area contributed by atoms with Gasteiger partial charge in [-0.15, -0.1) is 11.3 Å². The molecule has 4 nitrogen and oxygen atoms in total. The van der Waals surface area contributed by atoms with Gasteiger partial charge in [-0.05, 0) is 47.2 Å². The Bertz CT molecular complexity index is 810. The van der Waals surface area contributed by atoms with Crippen molar-refractivity contribution < 1.29 is 14.6 Å². The van der Waals surface area contributed by atoms with E-state index in [1.165, 1.54) is 7.11 Å². The monoisotopic (exact) mass is 299 g/mol. The van der Waals surface area contributed by atoms with E-state index in [4.69, 9.17) is 4.74 Å². The number of phenolic OH excluding ortho intramolecular Hbond substituents is 1. The van der Waals surface area contributed by atoms with Crippen molar-refractivity contribution in [3.05, 3.63) is 53.4 Å². The Morgan fingerprint density at radius 2 is 2.10 bits per heavy atom. The van der Waals surface area contributed by atoms with E-state index in [0.717, 1.165) is 10.1 Å². The van der Waals surface area contributed by atoms with Crippen molar-refractivity contribution in [1.29, 1.82) is 0 Å². The van der Waals surface area contributed by atoms with Gasteiger partial charge in [0.25, 0.3) is 5.91 Å². The maximum atomic E-state index is 12.3. The topological polar surface area (TPSA) is 58.6 Å². The smallest absolute Gasteiger partial charge is 0.259 e. The molecule has 2 aromatic carbocycles. The zero-order chi connectivity index (χ0) is 14.8. The van der Waals surface area contributed by atoms with Crippen LogP contribution in [-0.4, -0.2) is 18.1 Å². The molecule has 21 heavy (non-hydrogen) atoms. The molecule has 0 atom stereocenters. The number of fused-ring (bicyclic) bond motifs is 1. The van der Waals surface area contributed by atoms with Gasteiger partial charge in [-0.2, -0.15) is 0 Å². The zero-order valence-corrected chi connectivity index (χ0v) is 12.1. The minimum absolute atomic E-state index is 0.158. The molecule has 3 aromatic rings. The minimum atomic E-state index is -0.374. The van der Waals surface area contributed by atoms with Gasteiger partial charge in [0.15, 0.2) is 11.5 Å². The summed E-state index contributed by atoms with van der Waals surface area (Å²) in [6, 6.07) is 12.5. The number of para-hydroxylation sites is 1. The molecule has 0 aliphatic heterocycles. The molecule has 106 valence electrons. The zero-order valence-electron chi connectivity index (χ0n) is 11.3. The van der Waals surface area contributed by atoms with Gasteiger partial charge in [-0.25, -0.2) is 0 Å². The summed E-state index contributed by atoms with van der Waals surface area (Å²) in [6.45, 7) is 0. The molecule has 0 saturated heterocycles. The Morgan fingerprint density at radius 1 is 1.24 bits per heavy atom. The third-order valence-corrected chi connectivity index (χ3v) is 4.07. The molecule has 0 fully saturated rings. The number of methoxy groups -OCH3 is 1. The summed E-state index contributed by atoms with van der Waals surface area (Å²) < 4.78 is 6.17. The summed E-state index contributed by atoms with van der Waals surface area (Å²) in [7, 11) is 1.45. The highest BCUT2D eigenvalue weighted by Crippen LogP contribution is 2.30. The van der Waals surface area contributed by atoms with Gasteiger partial charge in [0.05, 0.1) is 12.7 Å². The van der Waals surface area contributed by atoms with Crippen LogP contribution in [0.2, 0.25) is 0 Å². The lowest BCUT2D eigenvalue weighted by Gasteiger charge is -2.09. The molecule has 0 saturated carbocycles. The fraction of sp³-hybridized carbons (Fsp3) is 0.0625. The van der Waals surface area contributed by atoms with E-state index in [-0.39, 0.29) is 23.0 Å². The van der Waals surface area contributed by atoms with Crippen LogP contribution in [0.1, 0.15) is 10.4 Å². The highest BCUT2D eigenvalue weighted by atomic mass is 32.1. The first kappa shape index (κ1) is 13.5. The summed E-state index contributed by atoms with van der Waals surface area (Å²) in [5, 5.41) is 15.9. The number of rotatable bonds is 3. The summed E-state index contributed by atoms with van der Waals surface area (Å²) in [5.41, 5.74) is 0.868. The van der Waals surface area contributed by atoms with E-state index in [0.29, 0.717) is 5.69 Å². The third kappa shape index (κ3) is 2.55. The van der Waals surface area contributed by atoms with Gasteiger partial charge in [-0.1, -0.05) is 6.07 Å². The third-order valence-electron chi connectivity index (χ3n) is 3.17. The largest absolute Gasteiger partial charge is 0.504 e. The Labute approximate surface area is 125 Å². The second-order valence-electron chi connectivity index (χ2n) is 4.48. The van der Waals surface area contributed by atoms with Crippen LogP contribution in [0.25, 0.3) is 10.1 Å². The number of carbonyl (C=O) groups excluding carboxylic acids is 1. The fourth-order valence-electron chi connectivity index (χ4n) is 2.11. The first-order valence-electron chi connectivity index (χ1n) is 6.33. The van der Waals surface area contributed by atoms with Gasteiger partial charge < -0.3 is 15.2 Å². The first-order valence-corrected chi connectivity index (χ1v) is 7.21. The summed E-state index contributed by atoms with van der Waals surface area (Å²) in [5.74, 6) is -0.258. The lowest BCUT2D eigenvalue weighted by Crippen LogP contribution is -2.12. The number of hydrogen-bond acceptors (Lipinski definition) is 4. The lowest BCUT2D eigenvalue weighted by atomic mass is 10.1. The van der Waals surface area contributed by atoms with Gasteiger partial charge in [0.2, 0.25) is 0 Å². The molecule has 0 aliphatic rings. The van der Waals surface area contributed by atoms with Crippen LogP contribution in [0.3, 0.4) is 0 Å². The van der Waals surface area contributed by atoms with E-state index in [1.54, 1.807) is 29.5 Å². The van der Waals surface area contributed by atoms with Crippen LogP contribution in [0.4, 0.5) is 5.69 Å².